The fraction of sp³-hybridized carbons (Fsp3) is 0.111. The third-order valence-electron chi connectivity index (χ3n) is 3.62. The summed E-state index contributed by atoms with van der Waals surface area (Å²) in [6, 6.07) is 7.10. The van der Waals surface area contributed by atoms with E-state index < -0.39 is 40.5 Å². The Hall–Kier alpha value is -3.08. The van der Waals surface area contributed by atoms with Gasteiger partial charge in [0.1, 0.15) is 0 Å². The number of nitrogens with one attached hydrogen (secondary N) is 1. The molecule has 1 amide bonds. The summed E-state index contributed by atoms with van der Waals surface area (Å²) in [5.74, 6) is -4.53. The van der Waals surface area contributed by atoms with Crippen LogP contribution in [0.3, 0.4) is 0 Å². The Morgan fingerprint density at radius 3 is 2.34 bits per heavy atom. The largest absolute Gasteiger partial charge is 0.438 e. The van der Waals surface area contributed by atoms with Gasteiger partial charge in [0.15, 0.2) is 23.1 Å². The van der Waals surface area contributed by atoms with Crippen molar-refractivity contribution in [2.24, 2.45) is 0 Å². The fourth-order valence-corrected chi connectivity index (χ4v) is 3.21. The molecule has 1 heterocycles. The second-order valence-electron chi connectivity index (χ2n) is 5.68. The Morgan fingerprint density at radius 2 is 1.72 bits per heavy atom. The third kappa shape index (κ3) is 4.50. The van der Waals surface area contributed by atoms with Gasteiger partial charge in [0.05, 0.1) is 10.7 Å². The van der Waals surface area contributed by atoms with Crippen LogP contribution in [-0.4, -0.2) is 11.1 Å². The van der Waals surface area contributed by atoms with Gasteiger partial charge in [-0.05, 0) is 30.7 Å². The number of para-hydroxylation sites is 1. The predicted octanol–water partition coefficient (Wildman–Crippen LogP) is 6.17. The third-order valence-corrected chi connectivity index (χ3v) is 4.46. The van der Waals surface area contributed by atoms with Crippen LogP contribution < -0.4 is 10.1 Å². The Labute approximate surface area is 163 Å². The number of aromatic nitrogens is 1. The molecule has 3 rings (SSSR count). The molecule has 0 unspecified atom stereocenters. The highest BCUT2D eigenvalue weighted by Gasteiger charge is 2.39. The van der Waals surface area contributed by atoms with Gasteiger partial charge >= 0.3 is 12.3 Å². The minimum atomic E-state index is -4.82. The van der Waals surface area contributed by atoms with Gasteiger partial charge in [-0.2, -0.15) is 13.2 Å². The lowest BCUT2D eigenvalue weighted by atomic mass is 10.0. The number of benzene rings is 2. The standard InChI is InChI=1S/C18H10F6N2O2S/c1-8-25-15(18(22,23)24)16(29-8)28-17(27)26-13-5-3-2-4-10(13)9-6-11(19)14(21)12(20)7-9/h2-7H,1H3,(H,26,27). The van der Waals surface area contributed by atoms with Crippen LogP contribution in [0.2, 0.25) is 0 Å². The maximum atomic E-state index is 13.5. The number of thiazole rings is 1. The Balaban J connectivity index is 1.88. The van der Waals surface area contributed by atoms with Gasteiger partial charge in [0.25, 0.3) is 0 Å². The Morgan fingerprint density at radius 1 is 1.10 bits per heavy atom. The zero-order valence-corrected chi connectivity index (χ0v) is 15.2. The minimum absolute atomic E-state index is 0.0160. The number of hydrogen-bond acceptors (Lipinski definition) is 4. The molecule has 0 aliphatic carbocycles. The molecule has 0 saturated heterocycles. The molecule has 1 N–H and O–H groups in total. The van der Waals surface area contributed by atoms with Crippen LogP contribution in [0, 0.1) is 24.4 Å². The number of aryl methyl sites for hydroxylation is 1. The molecule has 1 aromatic heterocycles. The van der Waals surface area contributed by atoms with Crippen molar-refractivity contribution >= 4 is 23.1 Å². The van der Waals surface area contributed by atoms with Crippen LogP contribution in [0.1, 0.15) is 10.7 Å². The van der Waals surface area contributed by atoms with Crippen LogP contribution in [-0.2, 0) is 6.18 Å². The fourth-order valence-electron chi connectivity index (χ4n) is 2.43. The van der Waals surface area contributed by atoms with Crippen molar-refractivity contribution in [2.75, 3.05) is 5.32 Å². The topological polar surface area (TPSA) is 51.2 Å². The first kappa shape index (κ1) is 20.6. The molecule has 0 fully saturated rings. The number of nitrogens with zero attached hydrogens (tertiary/aromatic N) is 1. The molecule has 3 aromatic rings. The monoisotopic (exact) mass is 432 g/mol. The van der Waals surface area contributed by atoms with E-state index in [1.165, 1.54) is 31.2 Å². The van der Waals surface area contributed by atoms with Crippen molar-refractivity contribution in [2.45, 2.75) is 13.1 Å². The number of carbonyl (C=O) groups excluding carboxylic acids is 1. The summed E-state index contributed by atoms with van der Waals surface area (Å²) in [5.41, 5.74) is -1.36. The molecule has 0 spiro atoms. The second-order valence-corrected chi connectivity index (χ2v) is 6.85. The van der Waals surface area contributed by atoms with Crippen molar-refractivity contribution in [3.63, 3.8) is 0 Å². The van der Waals surface area contributed by atoms with Gasteiger partial charge in [0.2, 0.25) is 5.06 Å². The summed E-state index contributed by atoms with van der Waals surface area (Å²) in [4.78, 5) is 15.4. The van der Waals surface area contributed by atoms with Gasteiger partial charge in [-0.25, -0.2) is 22.9 Å². The molecule has 29 heavy (non-hydrogen) atoms. The van der Waals surface area contributed by atoms with Crippen molar-refractivity contribution in [3.8, 4) is 16.2 Å². The van der Waals surface area contributed by atoms with Crippen molar-refractivity contribution in [1.29, 1.82) is 0 Å². The van der Waals surface area contributed by atoms with E-state index in [0.29, 0.717) is 11.3 Å². The summed E-state index contributed by atoms with van der Waals surface area (Å²) in [7, 11) is 0. The molecule has 11 heteroatoms. The summed E-state index contributed by atoms with van der Waals surface area (Å²) in [6.07, 6.45) is -6.09. The molecule has 0 saturated carbocycles. The van der Waals surface area contributed by atoms with E-state index in [4.69, 9.17) is 4.74 Å². The van der Waals surface area contributed by atoms with Crippen LogP contribution in [0.4, 0.5) is 36.8 Å². The zero-order valence-electron chi connectivity index (χ0n) is 14.4. The van der Waals surface area contributed by atoms with E-state index in [0.717, 1.165) is 12.1 Å². The first-order chi connectivity index (χ1) is 13.6. The average molecular weight is 432 g/mol. The number of rotatable bonds is 3. The highest BCUT2D eigenvalue weighted by atomic mass is 32.1. The first-order valence-electron chi connectivity index (χ1n) is 7.83. The van der Waals surface area contributed by atoms with Crippen molar-refractivity contribution < 1.29 is 35.9 Å². The number of carbonyl (C=O) groups is 1. The van der Waals surface area contributed by atoms with Gasteiger partial charge in [-0.15, -0.1) is 0 Å². The lowest BCUT2D eigenvalue weighted by Crippen LogP contribution is -2.19. The van der Waals surface area contributed by atoms with E-state index in [1.54, 1.807) is 0 Å². The summed E-state index contributed by atoms with van der Waals surface area (Å²) in [6.45, 7) is 1.32. The highest BCUT2D eigenvalue weighted by molar-refractivity contribution is 7.13. The summed E-state index contributed by atoms with van der Waals surface area (Å²) >= 11 is 0.531. The zero-order chi connectivity index (χ0) is 21.3. The molecule has 2 aromatic carbocycles. The van der Waals surface area contributed by atoms with E-state index in [-0.39, 0.29) is 21.8 Å². The molecule has 152 valence electrons. The van der Waals surface area contributed by atoms with E-state index in [2.05, 4.69) is 10.3 Å². The quantitative estimate of drug-likeness (QED) is 0.398. The van der Waals surface area contributed by atoms with E-state index in [9.17, 15) is 31.1 Å². The number of ether oxygens (including phenoxy) is 1. The van der Waals surface area contributed by atoms with Gasteiger partial charge in [-0.1, -0.05) is 29.5 Å². The normalized spacial score (nSPS) is 11.4. The second kappa shape index (κ2) is 7.74. The average Bonchev–Trinajstić information content (AvgIpc) is 3.00. The molecule has 0 bridgehead atoms. The molecular formula is C18H10F6N2O2S. The Bertz CT molecular complexity index is 1060. The van der Waals surface area contributed by atoms with Crippen LogP contribution in [0.5, 0.6) is 5.06 Å². The van der Waals surface area contributed by atoms with E-state index in [1.807, 2.05) is 0 Å². The number of amides is 1. The first-order valence-corrected chi connectivity index (χ1v) is 8.65. The molecule has 0 radical (unpaired) electrons. The number of hydrogen-bond donors (Lipinski definition) is 1. The number of alkyl halides is 3. The lowest BCUT2D eigenvalue weighted by Gasteiger charge is -2.12. The molecular weight excluding hydrogens is 422 g/mol. The molecule has 0 atom stereocenters. The Kier molecular flexibility index (Phi) is 5.51. The highest BCUT2D eigenvalue weighted by Crippen LogP contribution is 2.39. The molecule has 0 aliphatic rings. The van der Waals surface area contributed by atoms with Gasteiger partial charge in [-0.3, -0.25) is 5.32 Å². The van der Waals surface area contributed by atoms with Crippen LogP contribution in [0.25, 0.3) is 11.1 Å². The number of halogens is 6. The van der Waals surface area contributed by atoms with Gasteiger partial charge in [0, 0.05) is 5.56 Å². The van der Waals surface area contributed by atoms with Crippen LogP contribution in [0.15, 0.2) is 36.4 Å². The predicted molar refractivity (Wildman–Crippen MR) is 93.3 cm³/mol. The lowest BCUT2D eigenvalue weighted by molar-refractivity contribution is -0.141. The smallest absolute Gasteiger partial charge is 0.397 e. The molecule has 4 nitrogen and oxygen atoms in total. The van der Waals surface area contributed by atoms with Crippen LogP contribution >= 0.6 is 11.3 Å². The maximum absolute atomic E-state index is 13.5. The summed E-state index contributed by atoms with van der Waals surface area (Å²) in [5, 5.41) is 1.50. The van der Waals surface area contributed by atoms with E-state index >= 15 is 0 Å². The van der Waals surface area contributed by atoms with Crippen molar-refractivity contribution in [1.82, 2.24) is 4.98 Å². The van der Waals surface area contributed by atoms with Crippen molar-refractivity contribution in [3.05, 3.63) is 64.6 Å². The SMILES string of the molecule is Cc1nc(C(F)(F)F)c(OC(=O)Nc2ccccc2-c2cc(F)c(F)c(F)c2)s1. The summed E-state index contributed by atoms with van der Waals surface area (Å²) < 4.78 is 83.9. The number of anilines is 1. The maximum Gasteiger partial charge on any atom is 0.438 e. The molecule has 0 aliphatic heterocycles. The minimum Gasteiger partial charge on any atom is -0.397 e. The van der Waals surface area contributed by atoms with Gasteiger partial charge < -0.3 is 4.74 Å².